The van der Waals surface area contributed by atoms with Gasteiger partial charge in [0.25, 0.3) is 0 Å². The fourth-order valence-electron chi connectivity index (χ4n) is 2.41. The minimum atomic E-state index is 0. The van der Waals surface area contributed by atoms with Gasteiger partial charge < -0.3 is 4.79 Å². The molecule has 2 nitrogen and oxygen atoms in total. The Hall–Kier alpha value is -0.860. The number of rotatable bonds is 5. The van der Waals surface area contributed by atoms with Gasteiger partial charge in [-0.05, 0) is 44.3 Å². The van der Waals surface area contributed by atoms with E-state index in [1.807, 2.05) is 6.07 Å². The van der Waals surface area contributed by atoms with Crippen molar-refractivity contribution in [3.63, 3.8) is 0 Å². The molecule has 1 aromatic rings. The molecule has 0 amide bonds. The van der Waals surface area contributed by atoms with Crippen LogP contribution in [0.1, 0.15) is 24.8 Å². The molecule has 17 heavy (non-hydrogen) atoms. The molecule has 3 heteroatoms. The monoisotopic (exact) mass is 253 g/mol. The average molecular weight is 254 g/mol. The maximum atomic E-state index is 10.8. The number of benzene rings is 1. The van der Waals surface area contributed by atoms with Gasteiger partial charge in [0.15, 0.2) is 0 Å². The first-order valence-corrected chi connectivity index (χ1v) is 6.13. The molecule has 0 unspecified atom stereocenters. The van der Waals surface area contributed by atoms with Crippen LogP contribution >= 0.6 is 12.4 Å². The topological polar surface area (TPSA) is 20.3 Å². The lowest BCUT2D eigenvalue weighted by atomic mass is 10.1. The van der Waals surface area contributed by atoms with Gasteiger partial charge in [0.05, 0.1) is 6.04 Å². The number of likely N-dealkylation sites (tertiary alicyclic amines) is 1. The van der Waals surface area contributed by atoms with E-state index in [1.54, 1.807) is 0 Å². The number of carbonyl (C=O) groups excluding carboxylic acids is 1. The van der Waals surface area contributed by atoms with Crippen LogP contribution in [-0.4, -0.2) is 30.3 Å². The lowest BCUT2D eigenvalue weighted by Gasteiger charge is -2.19. The Balaban J connectivity index is 0.00000144. The van der Waals surface area contributed by atoms with E-state index in [0.717, 1.165) is 38.6 Å². The van der Waals surface area contributed by atoms with Gasteiger partial charge in [-0.25, -0.2) is 0 Å². The average Bonchev–Trinajstić information content (AvgIpc) is 2.78. The SMILES string of the molecule is Cl.O=C[C@@H]1CCCN1CCCc1ccccc1. The lowest BCUT2D eigenvalue weighted by molar-refractivity contribution is -0.111. The number of hydrogen-bond donors (Lipinski definition) is 0. The molecule has 1 saturated heterocycles. The van der Waals surface area contributed by atoms with Crippen LogP contribution in [0.5, 0.6) is 0 Å². The minimum absolute atomic E-state index is 0. The molecule has 2 rings (SSSR count). The van der Waals surface area contributed by atoms with Crippen LogP contribution in [0.15, 0.2) is 30.3 Å². The molecular formula is C14H20ClNO. The first kappa shape index (κ1) is 14.2. The minimum Gasteiger partial charge on any atom is -0.302 e. The highest BCUT2D eigenvalue weighted by Gasteiger charge is 2.22. The van der Waals surface area contributed by atoms with E-state index in [9.17, 15) is 4.79 Å². The van der Waals surface area contributed by atoms with Gasteiger partial charge in [-0.2, -0.15) is 0 Å². The maximum Gasteiger partial charge on any atom is 0.137 e. The molecule has 94 valence electrons. The molecule has 0 N–H and O–H groups in total. The van der Waals surface area contributed by atoms with E-state index < -0.39 is 0 Å². The predicted octanol–water partition coefficient (Wildman–Crippen LogP) is 2.70. The quantitative estimate of drug-likeness (QED) is 0.752. The third-order valence-corrected chi connectivity index (χ3v) is 3.32. The summed E-state index contributed by atoms with van der Waals surface area (Å²) in [4.78, 5) is 13.1. The zero-order chi connectivity index (χ0) is 11.2. The van der Waals surface area contributed by atoms with E-state index in [0.29, 0.717) is 0 Å². The lowest BCUT2D eigenvalue weighted by Crippen LogP contribution is -2.31. The molecule has 1 heterocycles. The fraction of sp³-hybridized carbons (Fsp3) is 0.500. The summed E-state index contributed by atoms with van der Waals surface area (Å²) in [6.45, 7) is 2.15. The first-order chi connectivity index (χ1) is 7.90. The summed E-state index contributed by atoms with van der Waals surface area (Å²) < 4.78 is 0. The Bertz CT molecular complexity index is 328. The summed E-state index contributed by atoms with van der Waals surface area (Å²) in [6.07, 6.45) is 5.59. The van der Waals surface area contributed by atoms with Crippen LogP contribution in [0.4, 0.5) is 0 Å². The van der Waals surface area contributed by atoms with Crippen molar-refractivity contribution in [2.75, 3.05) is 13.1 Å². The second kappa shape index (κ2) is 7.46. The van der Waals surface area contributed by atoms with Gasteiger partial charge >= 0.3 is 0 Å². The summed E-state index contributed by atoms with van der Waals surface area (Å²) in [5.74, 6) is 0. The molecule has 0 aliphatic carbocycles. The first-order valence-electron chi connectivity index (χ1n) is 6.13. The zero-order valence-electron chi connectivity index (χ0n) is 10.0. The van der Waals surface area contributed by atoms with Crippen molar-refractivity contribution in [1.82, 2.24) is 4.90 Å². The number of nitrogens with zero attached hydrogens (tertiary/aromatic N) is 1. The third-order valence-electron chi connectivity index (χ3n) is 3.32. The summed E-state index contributed by atoms with van der Waals surface area (Å²) in [6, 6.07) is 10.7. The number of halogens is 1. The van der Waals surface area contributed by atoms with Crippen molar-refractivity contribution in [3.8, 4) is 0 Å². The molecule has 0 radical (unpaired) electrons. The van der Waals surface area contributed by atoms with Gasteiger partial charge in [-0.15, -0.1) is 12.4 Å². The van der Waals surface area contributed by atoms with E-state index in [2.05, 4.69) is 29.2 Å². The molecule has 1 atom stereocenters. The van der Waals surface area contributed by atoms with Crippen molar-refractivity contribution >= 4 is 18.7 Å². The van der Waals surface area contributed by atoms with Gasteiger partial charge in [0.1, 0.15) is 6.29 Å². The van der Waals surface area contributed by atoms with Crippen molar-refractivity contribution in [1.29, 1.82) is 0 Å². The summed E-state index contributed by atoms with van der Waals surface area (Å²) in [5.41, 5.74) is 1.39. The highest BCUT2D eigenvalue weighted by molar-refractivity contribution is 5.85. The number of aryl methyl sites for hydroxylation is 1. The van der Waals surface area contributed by atoms with Gasteiger partial charge in [-0.1, -0.05) is 30.3 Å². The van der Waals surface area contributed by atoms with Crippen molar-refractivity contribution in [2.24, 2.45) is 0 Å². The molecule has 0 bridgehead atoms. The van der Waals surface area contributed by atoms with E-state index in [-0.39, 0.29) is 18.4 Å². The predicted molar refractivity (Wildman–Crippen MR) is 72.7 cm³/mol. The Morgan fingerprint density at radius 1 is 1.29 bits per heavy atom. The molecule has 0 saturated carbocycles. The smallest absolute Gasteiger partial charge is 0.137 e. The summed E-state index contributed by atoms with van der Waals surface area (Å²) in [5, 5.41) is 0. The standard InChI is InChI=1S/C14H19NO.ClH/c16-12-14-9-5-11-15(14)10-4-8-13-6-2-1-3-7-13;/h1-3,6-7,12,14H,4-5,8-11H2;1H/t14-;/m0./s1. The van der Waals surface area contributed by atoms with Crippen molar-refractivity contribution in [2.45, 2.75) is 31.7 Å². The summed E-state index contributed by atoms with van der Waals surface area (Å²) in [7, 11) is 0. The number of aldehydes is 1. The van der Waals surface area contributed by atoms with Crippen molar-refractivity contribution in [3.05, 3.63) is 35.9 Å². The molecule has 1 aliphatic heterocycles. The van der Waals surface area contributed by atoms with E-state index >= 15 is 0 Å². The second-order valence-electron chi connectivity index (χ2n) is 4.47. The number of carbonyl (C=O) groups is 1. The van der Waals surface area contributed by atoms with Crippen LogP contribution in [0, 0.1) is 0 Å². The van der Waals surface area contributed by atoms with Gasteiger partial charge in [0, 0.05) is 0 Å². The Labute approximate surface area is 109 Å². The second-order valence-corrected chi connectivity index (χ2v) is 4.47. The number of hydrogen-bond acceptors (Lipinski definition) is 2. The molecule has 0 aromatic heterocycles. The van der Waals surface area contributed by atoms with E-state index in [1.165, 1.54) is 12.0 Å². The van der Waals surface area contributed by atoms with Crippen LogP contribution in [0.25, 0.3) is 0 Å². The van der Waals surface area contributed by atoms with Gasteiger partial charge in [0.2, 0.25) is 0 Å². The molecule has 1 aliphatic rings. The molecule has 0 spiro atoms. The molecule has 1 aromatic carbocycles. The molecular weight excluding hydrogens is 234 g/mol. The van der Waals surface area contributed by atoms with Crippen LogP contribution < -0.4 is 0 Å². The third kappa shape index (κ3) is 4.14. The molecule has 1 fully saturated rings. The fourth-order valence-corrected chi connectivity index (χ4v) is 2.41. The highest BCUT2D eigenvalue weighted by Crippen LogP contribution is 2.16. The van der Waals surface area contributed by atoms with Crippen LogP contribution in [-0.2, 0) is 11.2 Å². The normalized spacial score (nSPS) is 19.9. The Morgan fingerprint density at radius 2 is 2.06 bits per heavy atom. The van der Waals surface area contributed by atoms with Crippen molar-refractivity contribution < 1.29 is 4.79 Å². The largest absolute Gasteiger partial charge is 0.302 e. The maximum absolute atomic E-state index is 10.8. The van der Waals surface area contributed by atoms with Gasteiger partial charge in [-0.3, -0.25) is 4.90 Å². The Kier molecular flexibility index (Phi) is 6.23. The summed E-state index contributed by atoms with van der Waals surface area (Å²) >= 11 is 0. The highest BCUT2D eigenvalue weighted by atomic mass is 35.5. The van der Waals surface area contributed by atoms with Crippen LogP contribution in [0.2, 0.25) is 0 Å². The Morgan fingerprint density at radius 3 is 2.76 bits per heavy atom. The zero-order valence-corrected chi connectivity index (χ0v) is 10.9. The van der Waals surface area contributed by atoms with Crippen LogP contribution in [0.3, 0.4) is 0 Å². The van der Waals surface area contributed by atoms with E-state index in [4.69, 9.17) is 0 Å².